The van der Waals surface area contributed by atoms with Crippen molar-refractivity contribution in [3.63, 3.8) is 0 Å². The number of carbonyl (C=O) groups is 1. The normalized spacial score (nSPS) is 16.9. The number of ether oxygens (including phenoxy) is 1. The fourth-order valence-corrected chi connectivity index (χ4v) is 2.52. The highest BCUT2D eigenvalue weighted by Gasteiger charge is 2.17. The zero-order valence-corrected chi connectivity index (χ0v) is 11.1. The van der Waals surface area contributed by atoms with E-state index in [1.165, 1.54) is 5.56 Å². The van der Waals surface area contributed by atoms with Gasteiger partial charge in [-0.25, -0.2) is 0 Å². The number of rotatable bonds is 3. The molecule has 1 aromatic heterocycles. The van der Waals surface area contributed by atoms with E-state index in [-0.39, 0.29) is 5.78 Å². The Morgan fingerprint density at radius 3 is 2.95 bits per heavy atom. The Bertz CT molecular complexity index is 597. The van der Waals surface area contributed by atoms with Gasteiger partial charge >= 0.3 is 0 Å². The molecule has 0 unspecified atom stereocenters. The van der Waals surface area contributed by atoms with Crippen LogP contribution in [-0.2, 0) is 4.74 Å². The summed E-state index contributed by atoms with van der Waals surface area (Å²) in [6.07, 6.45) is 1.83. The van der Waals surface area contributed by atoms with Crippen molar-refractivity contribution >= 4 is 16.7 Å². The van der Waals surface area contributed by atoms with Crippen molar-refractivity contribution in [2.45, 2.75) is 6.92 Å². The molecule has 100 valence electrons. The van der Waals surface area contributed by atoms with E-state index in [1.54, 1.807) is 0 Å². The van der Waals surface area contributed by atoms with E-state index < -0.39 is 0 Å². The minimum absolute atomic E-state index is 0.178. The molecule has 1 aromatic carbocycles. The minimum atomic E-state index is 0.178. The molecule has 0 saturated carbocycles. The summed E-state index contributed by atoms with van der Waals surface area (Å²) in [4.78, 5) is 17.7. The number of Topliss-reactive ketones (excluding diaryl/α,β-unsaturated/α-hetero) is 1. The van der Waals surface area contributed by atoms with E-state index in [0.29, 0.717) is 6.54 Å². The number of ketones is 1. The van der Waals surface area contributed by atoms with Gasteiger partial charge in [-0.3, -0.25) is 9.69 Å². The van der Waals surface area contributed by atoms with Gasteiger partial charge in [0.15, 0.2) is 5.78 Å². The van der Waals surface area contributed by atoms with Gasteiger partial charge in [0.25, 0.3) is 0 Å². The van der Waals surface area contributed by atoms with Crippen molar-refractivity contribution in [2.24, 2.45) is 0 Å². The van der Waals surface area contributed by atoms with E-state index in [1.807, 2.05) is 18.3 Å². The molecule has 0 radical (unpaired) electrons. The van der Waals surface area contributed by atoms with Crippen molar-refractivity contribution < 1.29 is 9.53 Å². The fraction of sp³-hybridized carbons (Fsp3) is 0.400. The van der Waals surface area contributed by atoms with Gasteiger partial charge in [-0.15, -0.1) is 0 Å². The highest BCUT2D eigenvalue weighted by Crippen LogP contribution is 2.20. The molecule has 0 amide bonds. The van der Waals surface area contributed by atoms with Gasteiger partial charge in [0, 0.05) is 35.8 Å². The van der Waals surface area contributed by atoms with Crippen molar-refractivity contribution in [1.82, 2.24) is 9.88 Å². The Labute approximate surface area is 112 Å². The van der Waals surface area contributed by atoms with Crippen LogP contribution >= 0.6 is 0 Å². The van der Waals surface area contributed by atoms with Crippen LogP contribution in [0.4, 0.5) is 0 Å². The van der Waals surface area contributed by atoms with Crippen LogP contribution in [0.2, 0.25) is 0 Å². The number of aromatic nitrogens is 1. The summed E-state index contributed by atoms with van der Waals surface area (Å²) < 4.78 is 5.30. The van der Waals surface area contributed by atoms with Gasteiger partial charge < -0.3 is 9.72 Å². The maximum Gasteiger partial charge on any atom is 0.178 e. The van der Waals surface area contributed by atoms with Gasteiger partial charge in [0.2, 0.25) is 0 Å². The SMILES string of the molecule is Cc1ccc2c(C(=O)CN3CCOCC3)c[nH]c2c1. The van der Waals surface area contributed by atoms with Crippen LogP contribution in [0, 0.1) is 6.92 Å². The van der Waals surface area contributed by atoms with Crippen LogP contribution in [0.1, 0.15) is 15.9 Å². The molecule has 3 rings (SSSR count). The standard InChI is InChI=1S/C15H18N2O2/c1-11-2-3-12-13(9-16-14(12)8-11)15(18)10-17-4-6-19-7-5-17/h2-3,8-9,16H,4-7,10H2,1H3. The number of nitrogens with zero attached hydrogens (tertiary/aromatic N) is 1. The molecule has 0 bridgehead atoms. The molecule has 19 heavy (non-hydrogen) atoms. The first kappa shape index (κ1) is 12.4. The van der Waals surface area contributed by atoms with Gasteiger partial charge in [0.05, 0.1) is 19.8 Å². The Morgan fingerprint density at radius 1 is 1.37 bits per heavy atom. The van der Waals surface area contributed by atoms with E-state index in [0.717, 1.165) is 42.8 Å². The molecule has 0 spiro atoms. The molecule has 1 N–H and O–H groups in total. The number of benzene rings is 1. The van der Waals surface area contributed by atoms with Crippen molar-refractivity contribution in [1.29, 1.82) is 0 Å². The number of H-pyrrole nitrogens is 1. The molecule has 0 aliphatic carbocycles. The number of aromatic amines is 1. The number of carbonyl (C=O) groups excluding carboxylic acids is 1. The van der Waals surface area contributed by atoms with Gasteiger partial charge in [-0.1, -0.05) is 12.1 Å². The second-order valence-electron chi connectivity index (χ2n) is 5.06. The Hall–Kier alpha value is -1.65. The topological polar surface area (TPSA) is 45.3 Å². The molecule has 4 nitrogen and oxygen atoms in total. The monoisotopic (exact) mass is 258 g/mol. The van der Waals surface area contributed by atoms with Crippen molar-refractivity contribution in [3.05, 3.63) is 35.5 Å². The third-order valence-electron chi connectivity index (χ3n) is 3.61. The molecule has 1 aliphatic rings. The third kappa shape index (κ3) is 2.55. The van der Waals surface area contributed by atoms with Crippen molar-refractivity contribution in [3.8, 4) is 0 Å². The zero-order valence-electron chi connectivity index (χ0n) is 11.1. The zero-order chi connectivity index (χ0) is 13.2. The van der Waals surface area contributed by atoms with E-state index in [2.05, 4.69) is 22.9 Å². The molecule has 2 aromatic rings. The minimum Gasteiger partial charge on any atom is -0.379 e. The average Bonchev–Trinajstić information content (AvgIpc) is 2.82. The van der Waals surface area contributed by atoms with Crippen LogP contribution in [0.25, 0.3) is 10.9 Å². The summed E-state index contributed by atoms with van der Waals surface area (Å²) in [6.45, 7) is 5.65. The lowest BCUT2D eigenvalue weighted by molar-refractivity contribution is 0.0371. The fourth-order valence-electron chi connectivity index (χ4n) is 2.52. The molecular weight excluding hydrogens is 240 g/mol. The number of nitrogens with one attached hydrogen (secondary N) is 1. The van der Waals surface area contributed by atoms with Crippen LogP contribution in [-0.4, -0.2) is 48.5 Å². The largest absolute Gasteiger partial charge is 0.379 e. The number of hydrogen-bond acceptors (Lipinski definition) is 3. The quantitative estimate of drug-likeness (QED) is 0.856. The highest BCUT2D eigenvalue weighted by atomic mass is 16.5. The number of fused-ring (bicyclic) bond motifs is 1. The lowest BCUT2D eigenvalue weighted by Gasteiger charge is -2.25. The van der Waals surface area contributed by atoms with E-state index in [4.69, 9.17) is 4.74 Å². The summed E-state index contributed by atoms with van der Waals surface area (Å²) >= 11 is 0. The lowest BCUT2D eigenvalue weighted by atomic mass is 10.1. The second kappa shape index (κ2) is 5.15. The van der Waals surface area contributed by atoms with E-state index >= 15 is 0 Å². The Balaban J connectivity index is 1.81. The smallest absolute Gasteiger partial charge is 0.178 e. The summed E-state index contributed by atoms with van der Waals surface area (Å²) in [7, 11) is 0. The third-order valence-corrected chi connectivity index (χ3v) is 3.61. The van der Waals surface area contributed by atoms with Gasteiger partial charge in [0.1, 0.15) is 0 Å². The van der Waals surface area contributed by atoms with Gasteiger partial charge in [-0.2, -0.15) is 0 Å². The number of aryl methyl sites for hydroxylation is 1. The van der Waals surface area contributed by atoms with Crippen molar-refractivity contribution in [2.75, 3.05) is 32.8 Å². The summed E-state index contributed by atoms with van der Waals surface area (Å²) in [5, 5.41) is 1.02. The number of morpholine rings is 1. The molecule has 2 heterocycles. The lowest BCUT2D eigenvalue weighted by Crippen LogP contribution is -2.39. The number of hydrogen-bond donors (Lipinski definition) is 1. The maximum absolute atomic E-state index is 12.4. The second-order valence-corrected chi connectivity index (χ2v) is 5.06. The summed E-state index contributed by atoms with van der Waals surface area (Å²) in [6, 6.07) is 6.14. The van der Waals surface area contributed by atoms with Gasteiger partial charge in [-0.05, 0) is 18.6 Å². The molecule has 4 heteroatoms. The predicted molar refractivity (Wildman–Crippen MR) is 74.6 cm³/mol. The average molecular weight is 258 g/mol. The summed E-state index contributed by atoms with van der Waals surface area (Å²) in [5.74, 6) is 0.178. The van der Waals surface area contributed by atoms with Crippen LogP contribution in [0.5, 0.6) is 0 Å². The predicted octanol–water partition coefficient (Wildman–Crippen LogP) is 1.99. The first-order valence-corrected chi connectivity index (χ1v) is 6.65. The molecular formula is C15H18N2O2. The Kier molecular flexibility index (Phi) is 3.36. The molecule has 1 aliphatic heterocycles. The van der Waals surface area contributed by atoms with Crippen LogP contribution in [0.3, 0.4) is 0 Å². The van der Waals surface area contributed by atoms with Crippen LogP contribution < -0.4 is 0 Å². The van der Waals surface area contributed by atoms with E-state index in [9.17, 15) is 4.79 Å². The first-order chi connectivity index (χ1) is 9.24. The Morgan fingerprint density at radius 2 is 2.16 bits per heavy atom. The summed E-state index contributed by atoms with van der Waals surface area (Å²) in [5.41, 5.74) is 3.02. The maximum atomic E-state index is 12.4. The molecule has 0 atom stereocenters. The van der Waals surface area contributed by atoms with Crippen LogP contribution in [0.15, 0.2) is 24.4 Å². The molecule has 1 saturated heterocycles. The molecule has 1 fully saturated rings. The first-order valence-electron chi connectivity index (χ1n) is 6.65. The highest BCUT2D eigenvalue weighted by molar-refractivity contribution is 6.08.